The van der Waals surface area contributed by atoms with Crippen LogP contribution in [-0.2, 0) is 14.8 Å². The molecule has 0 fully saturated rings. The topological polar surface area (TPSA) is 87.0 Å². The molecular weight excluding hydrogens is 312 g/mol. The van der Waals surface area contributed by atoms with Crippen molar-refractivity contribution in [2.75, 3.05) is 0 Å². The van der Waals surface area contributed by atoms with Gasteiger partial charge in [-0.25, -0.2) is 13.1 Å². The third-order valence-corrected chi connectivity index (χ3v) is 4.90. The Bertz CT molecular complexity index is 735. The lowest BCUT2D eigenvalue weighted by Crippen LogP contribution is -2.36. The fourth-order valence-electron chi connectivity index (χ4n) is 2.06. The van der Waals surface area contributed by atoms with E-state index in [2.05, 4.69) is 4.72 Å². The van der Waals surface area contributed by atoms with E-state index in [4.69, 9.17) is 16.9 Å². The first-order chi connectivity index (χ1) is 9.94. The number of sulfonamides is 1. The summed E-state index contributed by atoms with van der Waals surface area (Å²) in [6.07, 6.45) is 5.78. The lowest BCUT2D eigenvalue weighted by molar-refractivity contribution is -0.123. The number of nitrogens with zero attached hydrogens (tertiary/aromatic N) is 1. The highest BCUT2D eigenvalue weighted by molar-refractivity contribution is 7.90. The van der Waals surface area contributed by atoms with Gasteiger partial charge in [0.25, 0.3) is 10.0 Å². The zero-order chi connectivity index (χ0) is 15.5. The van der Waals surface area contributed by atoms with Crippen molar-refractivity contribution >= 4 is 27.5 Å². The third-order valence-electron chi connectivity index (χ3n) is 3.25. The maximum Gasteiger partial charge on any atom is 0.264 e. The van der Waals surface area contributed by atoms with Crippen molar-refractivity contribution in [2.24, 2.45) is 5.92 Å². The number of nitriles is 1. The molecule has 21 heavy (non-hydrogen) atoms. The summed E-state index contributed by atoms with van der Waals surface area (Å²) >= 11 is 5.81. The van der Waals surface area contributed by atoms with Crippen molar-refractivity contribution < 1.29 is 13.2 Å². The minimum Gasteiger partial charge on any atom is -0.274 e. The highest BCUT2D eigenvalue weighted by Gasteiger charge is 2.25. The van der Waals surface area contributed by atoms with E-state index in [9.17, 15) is 13.2 Å². The summed E-state index contributed by atoms with van der Waals surface area (Å²) in [6, 6.07) is 5.57. The normalized spacial score (nSPS) is 18.0. The summed E-state index contributed by atoms with van der Waals surface area (Å²) in [4.78, 5) is 11.9. The van der Waals surface area contributed by atoms with Gasteiger partial charge in [-0.15, -0.1) is 0 Å². The fraction of sp³-hybridized carbons (Fsp3) is 0.286. The van der Waals surface area contributed by atoms with Crippen molar-refractivity contribution in [1.82, 2.24) is 4.72 Å². The molecule has 0 aliphatic heterocycles. The number of carbonyl (C=O) groups is 1. The van der Waals surface area contributed by atoms with Crippen LogP contribution in [0.15, 0.2) is 35.2 Å². The van der Waals surface area contributed by atoms with Gasteiger partial charge in [0, 0.05) is 5.92 Å². The smallest absolute Gasteiger partial charge is 0.264 e. The predicted octanol–water partition coefficient (Wildman–Crippen LogP) is 2.37. The number of benzene rings is 1. The molecule has 1 aliphatic carbocycles. The minimum atomic E-state index is -3.97. The molecule has 0 bridgehead atoms. The molecule has 5 nitrogen and oxygen atoms in total. The molecule has 0 saturated carbocycles. The van der Waals surface area contributed by atoms with Crippen LogP contribution in [-0.4, -0.2) is 14.3 Å². The number of halogens is 1. The molecule has 1 aliphatic rings. The van der Waals surface area contributed by atoms with E-state index >= 15 is 0 Å². The zero-order valence-electron chi connectivity index (χ0n) is 11.0. The molecule has 0 radical (unpaired) electrons. The number of hydrogen-bond acceptors (Lipinski definition) is 4. The van der Waals surface area contributed by atoms with E-state index in [1.807, 2.05) is 18.2 Å². The van der Waals surface area contributed by atoms with Gasteiger partial charge in [0.1, 0.15) is 6.07 Å². The van der Waals surface area contributed by atoms with Gasteiger partial charge >= 0.3 is 0 Å². The molecule has 2 rings (SSSR count). The van der Waals surface area contributed by atoms with Gasteiger partial charge in [-0.2, -0.15) is 5.26 Å². The van der Waals surface area contributed by atoms with Crippen molar-refractivity contribution in [2.45, 2.75) is 24.2 Å². The van der Waals surface area contributed by atoms with E-state index in [1.54, 1.807) is 0 Å². The van der Waals surface area contributed by atoms with Gasteiger partial charge in [0.15, 0.2) is 0 Å². The maximum atomic E-state index is 12.1. The molecule has 1 amide bonds. The molecule has 0 saturated heterocycles. The van der Waals surface area contributed by atoms with E-state index in [0.717, 1.165) is 12.5 Å². The number of carbonyl (C=O) groups excluding carboxylic acids is 1. The number of amides is 1. The number of hydrogen-bond donors (Lipinski definition) is 1. The Morgan fingerprint density at radius 2 is 2.14 bits per heavy atom. The second-order valence-corrected chi connectivity index (χ2v) is 6.79. The van der Waals surface area contributed by atoms with Gasteiger partial charge in [0.2, 0.25) is 5.91 Å². The maximum absolute atomic E-state index is 12.1. The van der Waals surface area contributed by atoms with Gasteiger partial charge in [-0.1, -0.05) is 23.8 Å². The second kappa shape index (κ2) is 6.29. The van der Waals surface area contributed by atoms with Crippen LogP contribution in [0.2, 0.25) is 5.02 Å². The SMILES string of the molecule is N#Cc1ccc(S(=O)(=O)NC(=O)C2CC=CCC2)cc1Cl. The van der Waals surface area contributed by atoms with Crippen LogP contribution >= 0.6 is 11.6 Å². The van der Waals surface area contributed by atoms with Crippen LogP contribution < -0.4 is 4.72 Å². The molecule has 1 unspecified atom stereocenters. The molecule has 1 N–H and O–H groups in total. The zero-order valence-corrected chi connectivity index (χ0v) is 12.6. The van der Waals surface area contributed by atoms with Crippen LogP contribution in [0.25, 0.3) is 0 Å². The number of allylic oxidation sites excluding steroid dienone is 2. The highest BCUT2D eigenvalue weighted by Crippen LogP contribution is 2.22. The molecule has 1 aromatic rings. The lowest BCUT2D eigenvalue weighted by Gasteiger charge is -2.17. The molecule has 1 atom stereocenters. The van der Waals surface area contributed by atoms with Crippen molar-refractivity contribution in [3.63, 3.8) is 0 Å². The van der Waals surface area contributed by atoms with E-state index in [0.29, 0.717) is 12.8 Å². The largest absolute Gasteiger partial charge is 0.274 e. The third kappa shape index (κ3) is 3.63. The van der Waals surface area contributed by atoms with Gasteiger partial charge in [-0.05, 0) is 37.5 Å². The standard InChI is InChI=1S/C14H13ClN2O3S/c15-13-8-12(7-6-11(13)9-16)21(19,20)17-14(18)10-4-2-1-3-5-10/h1-2,6-8,10H,3-5H2,(H,17,18). The Labute approximate surface area is 128 Å². The average Bonchev–Trinajstić information content (AvgIpc) is 2.47. The first kappa shape index (κ1) is 15.5. The highest BCUT2D eigenvalue weighted by atomic mass is 35.5. The Morgan fingerprint density at radius 1 is 1.38 bits per heavy atom. The van der Waals surface area contributed by atoms with Crippen LogP contribution in [0, 0.1) is 17.2 Å². The van der Waals surface area contributed by atoms with Gasteiger partial charge < -0.3 is 0 Å². The summed E-state index contributed by atoms with van der Waals surface area (Å²) in [5.41, 5.74) is 0.180. The molecular formula is C14H13ClN2O3S. The van der Waals surface area contributed by atoms with Crippen LogP contribution in [0.5, 0.6) is 0 Å². The summed E-state index contributed by atoms with van der Waals surface area (Å²) in [5.74, 6) is -0.849. The Kier molecular flexibility index (Phi) is 4.66. The molecule has 0 spiro atoms. The predicted molar refractivity (Wildman–Crippen MR) is 78.0 cm³/mol. The van der Waals surface area contributed by atoms with E-state index in [-0.39, 0.29) is 21.4 Å². The van der Waals surface area contributed by atoms with E-state index < -0.39 is 15.9 Å². The molecule has 0 heterocycles. The Hall–Kier alpha value is -1.84. The van der Waals surface area contributed by atoms with Crippen molar-refractivity contribution in [1.29, 1.82) is 5.26 Å². The summed E-state index contributed by atoms with van der Waals surface area (Å²) < 4.78 is 26.4. The first-order valence-electron chi connectivity index (χ1n) is 6.35. The first-order valence-corrected chi connectivity index (χ1v) is 8.21. The molecule has 1 aromatic carbocycles. The van der Waals surface area contributed by atoms with Crippen LogP contribution in [0.3, 0.4) is 0 Å². The summed E-state index contributed by atoms with van der Waals surface area (Å²) in [6.45, 7) is 0. The second-order valence-electron chi connectivity index (χ2n) is 4.70. The molecule has 110 valence electrons. The van der Waals surface area contributed by atoms with Crippen LogP contribution in [0.1, 0.15) is 24.8 Å². The molecule has 7 heteroatoms. The van der Waals surface area contributed by atoms with Gasteiger partial charge in [0.05, 0.1) is 15.5 Å². The van der Waals surface area contributed by atoms with E-state index in [1.165, 1.54) is 12.1 Å². The summed E-state index contributed by atoms with van der Waals surface area (Å²) in [7, 11) is -3.97. The van der Waals surface area contributed by atoms with Gasteiger partial charge in [-0.3, -0.25) is 4.79 Å². The number of rotatable bonds is 3. The summed E-state index contributed by atoms with van der Waals surface area (Å²) in [5, 5.41) is 8.80. The van der Waals surface area contributed by atoms with Crippen molar-refractivity contribution in [3.8, 4) is 6.07 Å². The van der Waals surface area contributed by atoms with Crippen molar-refractivity contribution in [3.05, 3.63) is 40.9 Å². The quantitative estimate of drug-likeness (QED) is 0.865. The average molecular weight is 325 g/mol. The lowest BCUT2D eigenvalue weighted by atomic mass is 9.94. The monoisotopic (exact) mass is 324 g/mol. The number of nitrogens with one attached hydrogen (secondary N) is 1. The van der Waals surface area contributed by atoms with Crippen LogP contribution in [0.4, 0.5) is 0 Å². The Balaban J connectivity index is 2.18. The molecule has 0 aromatic heterocycles. The minimum absolute atomic E-state index is 0.0356. The Morgan fingerprint density at radius 3 is 2.71 bits per heavy atom. The fourth-order valence-corrected chi connectivity index (χ4v) is 3.42.